The fourth-order valence-corrected chi connectivity index (χ4v) is 1.15. The molecule has 1 aliphatic rings. The number of rotatable bonds is 2. The molecule has 1 N–H and O–H groups in total. The molecule has 2 rings (SSSR count). The van der Waals surface area contributed by atoms with Crippen LogP contribution in [0.2, 0.25) is 0 Å². The Hall–Kier alpha value is -1.11. The Morgan fingerprint density at radius 1 is 1.43 bits per heavy atom. The number of alkyl halides is 3. The Morgan fingerprint density at radius 2 is 2.14 bits per heavy atom. The van der Waals surface area contributed by atoms with Gasteiger partial charge in [0.15, 0.2) is 5.82 Å². The highest BCUT2D eigenvalue weighted by atomic mass is 19.4. The summed E-state index contributed by atoms with van der Waals surface area (Å²) in [5.74, 6) is 0.100. The van der Waals surface area contributed by atoms with Gasteiger partial charge in [0.05, 0.1) is 0 Å². The molecule has 0 atom stereocenters. The molecule has 1 saturated heterocycles. The maximum atomic E-state index is 11.9. The number of nitrogens with one attached hydrogen (secondary N) is 1. The van der Waals surface area contributed by atoms with Crippen molar-refractivity contribution in [3.63, 3.8) is 0 Å². The van der Waals surface area contributed by atoms with Crippen LogP contribution in [0, 0.1) is 0 Å². The van der Waals surface area contributed by atoms with Gasteiger partial charge in [-0.2, -0.15) is 18.2 Å². The number of hydrogen-bond acceptors (Lipinski definition) is 4. The molecule has 7 heteroatoms. The highest BCUT2D eigenvalue weighted by Gasteiger charge is 2.32. The third kappa shape index (κ3) is 2.03. The molecule has 0 amide bonds. The maximum absolute atomic E-state index is 11.9. The van der Waals surface area contributed by atoms with E-state index in [1.54, 1.807) is 0 Å². The van der Waals surface area contributed by atoms with E-state index < -0.39 is 12.6 Å². The van der Waals surface area contributed by atoms with Gasteiger partial charge in [0.25, 0.3) is 0 Å². The number of hydrogen-bond donors (Lipinski definition) is 1. The Labute approximate surface area is 77.5 Å². The smallest absolute Gasteiger partial charge is 0.339 e. The van der Waals surface area contributed by atoms with Gasteiger partial charge in [0.2, 0.25) is 5.89 Å². The van der Waals surface area contributed by atoms with Crippen molar-refractivity contribution in [2.45, 2.75) is 18.5 Å². The van der Waals surface area contributed by atoms with Crippen LogP contribution in [0.4, 0.5) is 13.2 Å². The van der Waals surface area contributed by atoms with Gasteiger partial charge in [-0.15, -0.1) is 0 Å². The van der Waals surface area contributed by atoms with Crippen LogP contribution in [0.15, 0.2) is 4.52 Å². The van der Waals surface area contributed by atoms with Crippen molar-refractivity contribution in [3.05, 3.63) is 11.7 Å². The zero-order valence-electron chi connectivity index (χ0n) is 7.14. The highest BCUT2D eigenvalue weighted by molar-refractivity contribution is 5.02. The summed E-state index contributed by atoms with van der Waals surface area (Å²) in [6.07, 6.45) is -5.44. The summed E-state index contributed by atoms with van der Waals surface area (Å²) >= 11 is 0. The largest absolute Gasteiger partial charge is 0.397 e. The third-order valence-electron chi connectivity index (χ3n) is 1.98. The highest BCUT2D eigenvalue weighted by Crippen LogP contribution is 2.22. The molecular weight excluding hydrogens is 199 g/mol. The van der Waals surface area contributed by atoms with E-state index in [9.17, 15) is 13.2 Å². The van der Waals surface area contributed by atoms with Crippen molar-refractivity contribution in [1.29, 1.82) is 0 Å². The van der Waals surface area contributed by atoms with Gasteiger partial charge in [0, 0.05) is 19.0 Å². The third-order valence-corrected chi connectivity index (χ3v) is 1.98. The normalized spacial score (nSPS) is 18.2. The van der Waals surface area contributed by atoms with Crippen molar-refractivity contribution >= 4 is 0 Å². The fourth-order valence-electron chi connectivity index (χ4n) is 1.15. The van der Waals surface area contributed by atoms with Crippen LogP contribution in [0.5, 0.6) is 0 Å². The molecular formula is C7H8F3N3O. The second-order valence-corrected chi connectivity index (χ2v) is 3.19. The SMILES string of the molecule is FC(F)(F)Cc1nc(C2CNC2)no1. The maximum Gasteiger partial charge on any atom is 0.397 e. The first-order valence-corrected chi connectivity index (χ1v) is 4.14. The van der Waals surface area contributed by atoms with E-state index in [0.717, 1.165) is 0 Å². The van der Waals surface area contributed by atoms with Crippen molar-refractivity contribution in [2.75, 3.05) is 13.1 Å². The van der Waals surface area contributed by atoms with E-state index in [2.05, 4.69) is 20.0 Å². The molecule has 1 aliphatic heterocycles. The average Bonchev–Trinajstić information content (AvgIpc) is 2.28. The molecule has 0 bridgehead atoms. The predicted octanol–water partition coefficient (Wildman–Crippen LogP) is 0.861. The van der Waals surface area contributed by atoms with Crippen LogP contribution in [0.3, 0.4) is 0 Å². The second kappa shape index (κ2) is 3.23. The van der Waals surface area contributed by atoms with Crippen LogP contribution in [0.1, 0.15) is 17.6 Å². The molecule has 78 valence electrons. The van der Waals surface area contributed by atoms with Gasteiger partial charge in [-0.25, -0.2) is 0 Å². The van der Waals surface area contributed by atoms with Crippen molar-refractivity contribution in [3.8, 4) is 0 Å². The minimum absolute atomic E-state index is 0.0979. The molecule has 14 heavy (non-hydrogen) atoms. The molecule has 2 heterocycles. The molecule has 0 spiro atoms. The molecule has 1 aromatic rings. The molecule has 1 fully saturated rings. The average molecular weight is 207 g/mol. The van der Waals surface area contributed by atoms with Crippen molar-refractivity contribution < 1.29 is 17.7 Å². The number of nitrogens with zero attached hydrogens (tertiary/aromatic N) is 2. The Morgan fingerprint density at radius 3 is 2.64 bits per heavy atom. The lowest BCUT2D eigenvalue weighted by Gasteiger charge is -2.23. The van der Waals surface area contributed by atoms with Crippen LogP contribution in [-0.2, 0) is 6.42 Å². The van der Waals surface area contributed by atoms with Gasteiger partial charge in [-0.3, -0.25) is 0 Å². The van der Waals surface area contributed by atoms with Gasteiger partial charge in [0.1, 0.15) is 6.42 Å². The molecule has 0 radical (unpaired) electrons. The summed E-state index contributed by atoms with van der Waals surface area (Å²) in [7, 11) is 0. The van der Waals surface area contributed by atoms with Gasteiger partial charge >= 0.3 is 6.18 Å². The van der Waals surface area contributed by atoms with E-state index in [1.807, 2.05) is 0 Å². The molecule has 1 aromatic heterocycles. The summed E-state index contributed by atoms with van der Waals surface area (Å²) in [6.45, 7) is 1.40. The monoisotopic (exact) mass is 207 g/mol. The number of halogens is 3. The molecule has 0 unspecified atom stereocenters. The van der Waals surface area contributed by atoms with Gasteiger partial charge in [-0.05, 0) is 0 Å². The summed E-state index contributed by atoms with van der Waals surface area (Å²) in [5.41, 5.74) is 0. The molecule has 0 saturated carbocycles. The topological polar surface area (TPSA) is 51.0 Å². The van der Waals surface area contributed by atoms with Crippen molar-refractivity contribution in [2.24, 2.45) is 0 Å². The van der Waals surface area contributed by atoms with Crippen LogP contribution in [0.25, 0.3) is 0 Å². The molecule has 0 aromatic carbocycles. The van der Waals surface area contributed by atoms with Crippen LogP contribution >= 0.6 is 0 Å². The first kappa shape index (κ1) is 9.45. The summed E-state index contributed by atoms with van der Waals surface area (Å²) in [6, 6.07) is 0. The molecule has 4 nitrogen and oxygen atoms in total. The lowest BCUT2D eigenvalue weighted by Crippen LogP contribution is -2.40. The van der Waals surface area contributed by atoms with E-state index in [-0.39, 0.29) is 11.8 Å². The second-order valence-electron chi connectivity index (χ2n) is 3.19. The van der Waals surface area contributed by atoms with Gasteiger partial charge < -0.3 is 9.84 Å². The lowest BCUT2D eigenvalue weighted by molar-refractivity contribution is -0.131. The summed E-state index contributed by atoms with van der Waals surface area (Å²) in [5, 5.41) is 6.47. The van der Waals surface area contributed by atoms with E-state index >= 15 is 0 Å². The zero-order chi connectivity index (χ0) is 10.2. The minimum Gasteiger partial charge on any atom is -0.339 e. The minimum atomic E-state index is -4.29. The first-order chi connectivity index (χ1) is 6.54. The predicted molar refractivity (Wildman–Crippen MR) is 39.7 cm³/mol. The summed E-state index contributed by atoms with van der Waals surface area (Å²) in [4.78, 5) is 3.68. The van der Waals surface area contributed by atoms with E-state index in [1.165, 1.54) is 0 Å². The van der Waals surface area contributed by atoms with Crippen LogP contribution < -0.4 is 5.32 Å². The lowest BCUT2D eigenvalue weighted by atomic mass is 10.0. The first-order valence-electron chi connectivity index (χ1n) is 4.14. The van der Waals surface area contributed by atoms with E-state index in [0.29, 0.717) is 18.9 Å². The Kier molecular flexibility index (Phi) is 2.18. The summed E-state index contributed by atoms with van der Waals surface area (Å²) < 4.78 is 40.2. The quantitative estimate of drug-likeness (QED) is 0.781. The molecule has 0 aliphatic carbocycles. The van der Waals surface area contributed by atoms with Crippen LogP contribution in [-0.4, -0.2) is 29.4 Å². The zero-order valence-corrected chi connectivity index (χ0v) is 7.14. The van der Waals surface area contributed by atoms with Crippen molar-refractivity contribution in [1.82, 2.24) is 15.5 Å². The van der Waals surface area contributed by atoms with E-state index in [4.69, 9.17) is 0 Å². The number of aromatic nitrogens is 2. The fraction of sp³-hybridized carbons (Fsp3) is 0.714. The standard InChI is InChI=1S/C7H8F3N3O/c8-7(9,10)1-5-12-6(13-14-5)4-2-11-3-4/h4,11H,1-3H2. The Bertz CT molecular complexity index is 318. The van der Waals surface area contributed by atoms with Gasteiger partial charge in [-0.1, -0.05) is 5.16 Å². The Balaban J connectivity index is 2.02.